The molecule has 0 aromatic heterocycles. The lowest BCUT2D eigenvalue weighted by molar-refractivity contribution is -0.105. The van der Waals surface area contributed by atoms with Gasteiger partial charge in [0, 0.05) is 0 Å². The molecule has 0 saturated carbocycles. The van der Waals surface area contributed by atoms with Crippen LogP contribution in [0.3, 0.4) is 0 Å². The molecule has 9 heavy (non-hydrogen) atoms. The average molecular weight is 152 g/mol. The number of carbonyl (C=O) groups excluding carboxylic acids is 1. The Morgan fingerprint density at radius 3 is 2.33 bits per heavy atom. The molecule has 0 aromatic carbocycles. The second-order valence-electron chi connectivity index (χ2n) is 1.50. The molecule has 0 aliphatic rings. The van der Waals surface area contributed by atoms with E-state index in [1.807, 2.05) is 0 Å². The number of sulfone groups is 1. The summed E-state index contributed by atoms with van der Waals surface area (Å²) in [6.07, 6.45) is 0.311. The third-order valence-electron chi connectivity index (χ3n) is 0.724. The maximum Gasteiger partial charge on any atom is 0.159 e. The van der Waals surface area contributed by atoms with Crippen LogP contribution in [0.5, 0.6) is 0 Å². The molecule has 1 N–H and O–H groups in total. The first-order valence-electron chi connectivity index (χ1n) is 2.37. The molecule has 0 aromatic rings. The van der Waals surface area contributed by atoms with Crippen LogP contribution < -0.4 is 0 Å². The first-order valence-corrected chi connectivity index (χ1v) is 4.19. The molecule has 0 spiro atoms. The normalized spacial score (nSPS) is 11.2. The van der Waals surface area contributed by atoms with E-state index in [4.69, 9.17) is 5.11 Å². The Labute approximate surface area is 53.4 Å². The van der Waals surface area contributed by atoms with Gasteiger partial charge in [0.1, 0.15) is 12.0 Å². The number of hydrogen-bond acceptors (Lipinski definition) is 4. The fourth-order valence-corrected chi connectivity index (χ4v) is 0.978. The standard InChI is InChI=1S/C4H8O4S/c5-1-3-9(7,8)4-2-6/h1,6H,2-4H2. The predicted molar refractivity (Wildman–Crippen MR) is 31.8 cm³/mol. The van der Waals surface area contributed by atoms with Crippen molar-refractivity contribution in [2.75, 3.05) is 18.1 Å². The topological polar surface area (TPSA) is 71.4 Å². The molecule has 0 heterocycles. The van der Waals surface area contributed by atoms with Crippen molar-refractivity contribution in [1.82, 2.24) is 0 Å². The first kappa shape index (κ1) is 8.58. The van der Waals surface area contributed by atoms with Gasteiger partial charge in [0.25, 0.3) is 0 Å². The van der Waals surface area contributed by atoms with E-state index < -0.39 is 22.2 Å². The van der Waals surface area contributed by atoms with Crippen molar-refractivity contribution in [2.24, 2.45) is 0 Å². The minimum atomic E-state index is -3.30. The van der Waals surface area contributed by atoms with Crippen molar-refractivity contribution < 1.29 is 18.3 Å². The van der Waals surface area contributed by atoms with E-state index in [0.29, 0.717) is 6.29 Å². The van der Waals surface area contributed by atoms with Crippen LogP contribution in [0.2, 0.25) is 0 Å². The lowest BCUT2D eigenvalue weighted by Gasteiger charge is -1.92. The van der Waals surface area contributed by atoms with Crippen LogP contribution in [0.4, 0.5) is 0 Å². The molecule has 0 amide bonds. The average Bonchev–Trinajstić information content (AvgIpc) is 1.64. The van der Waals surface area contributed by atoms with E-state index in [9.17, 15) is 13.2 Å². The zero-order valence-electron chi connectivity index (χ0n) is 4.78. The molecular weight excluding hydrogens is 144 g/mol. The Hall–Kier alpha value is -0.420. The second kappa shape index (κ2) is 3.58. The molecule has 4 nitrogen and oxygen atoms in total. The molecule has 5 heteroatoms. The van der Waals surface area contributed by atoms with Gasteiger partial charge in [0.2, 0.25) is 0 Å². The Balaban J connectivity index is 3.88. The van der Waals surface area contributed by atoms with Gasteiger partial charge in [0.15, 0.2) is 9.84 Å². The highest BCUT2D eigenvalue weighted by atomic mass is 32.2. The summed E-state index contributed by atoms with van der Waals surface area (Å²) in [6.45, 7) is -0.420. The van der Waals surface area contributed by atoms with Crippen LogP contribution in [0, 0.1) is 0 Å². The molecule has 0 rings (SSSR count). The van der Waals surface area contributed by atoms with Crippen LogP contribution in [0.15, 0.2) is 0 Å². The number of aliphatic hydroxyl groups is 1. The van der Waals surface area contributed by atoms with E-state index in [-0.39, 0.29) is 5.75 Å². The smallest absolute Gasteiger partial charge is 0.159 e. The fraction of sp³-hybridized carbons (Fsp3) is 0.750. The highest BCUT2D eigenvalue weighted by molar-refractivity contribution is 7.92. The third-order valence-corrected chi connectivity index (χ3v) is 2.17. The monoisotopic (exact) mass is 152 g/mol. The fourth-order valence-electron chi connectivity index (χ4n) is 0.326. The summed E-state index contributed by atoms with van der Waals surface area (Å²) in [4.78, 5) is 9.63. The summed E-state index contributed by atoms with van der Waals surface area (Å²) in [5, 5.41) is 8.13. The number of aldehydes is 1. The van der Waals surface area contributed by atoms with Gasteiger partial charge in [-0.1, -0.05) is 0 Å². The van der Waals surface area contributed by atoms with Gasteiger partial charge >= 0.3 is 0 Å². The minimum Gasteiger partial charge on any atom is -0.395 e. The van der Waals surface area contributed by atoms with Crippen molar-refractivity contribution >= 4 is 16.1 Å². The van der Waals surface area contributed by atoms with E-state index in [1.165, 1.54) is 0 Å². The Bertz CT molecular complexity index is 169. The van der Waals surface area contributed by atoms with Gasteiger partial charge in [-0.15, -0.1) is 0 Å². The summed E-state index contributed by atoms with van der Waals surface area (Å²) in [5.74, 6) is -0.820. The van der Waals surface area contributed by atoms with Gasteiger partial charge < -0.3 is 9.90 Å². The SMILES string of the molecule is O=CCS(=O)(=O)CCO. The van der Waals surface area contributed by atoms with Gasteiger partial charge in [-0.2, -0.15) is 0 Å². The largest absolute Gasteiger partial charge is 0.395 e. The summed E-state index contributed by atoms with van der Waals surface area (Å²) < 4.78 is 20.9. The zero-order valence-corrected chi connectivity index (χ0v) is 5.60. The van der Waals surface area contributed by atoms with Crippen molar-refractivity contribution in [1.29, 1.82) is 0 Å². The summed E-state index contributed by atoms with van der Waals surface area (Å²) in [6, 6.07) is 0. The highest BCUT2D eigenvalue weighted by Gasteiger charge is 2.06. The molecule has 0 atom stereocenters. The van der Waals surface area contributed by atoms with Gasteiger partial charge in [-0.25, -0.2) is 8.42 Å². The third kappa shape index (κ3) is 4.11. The lowest BCUT2D eigenvalue weighted by atomic mass is 10.9. The highest BCUT2D eigenvalue weighted by Crippen LogP contribution is 1.84. The van der Waals surface area contributed by atoms with E-state index >= 15 is 0 Å². The zero-order chi connectivity index (χ0) is 7.33. The van der Waals surface area contributed by atoms with Gasteiger partial charge in [0.05, 0.1) is 12.4 Å². The first-order chi connectivity index (χ1) is 4.12. The minimum absolute atomic E-state index is 0.311. The molecule has 0 radical (unpaired) electrons. The predicted octanol–water partition coefficient (Wildman–Crippen LogP) is -1.41. The molecule has 0 aliphatic carbocycles. The van der Waals surface area contributed by atoms with Gasteiger partial charge in [-0.3, -0.25) is 0 Å². The van der Waals surface area contributed by atoms with Gasteiger partial charge in [-0.05, 0) is 0 Å². The Morgan fingerprint density at radius 2 is 2.00 bits per heavy atom. The molecular formula is C4H8O4S. The number of rotatable bonds is 4. The number of aliphatic hydroxyl groups excluding tert-OH is 1. The van der Waals surface area contributed by atoms with Crippen molar-refractivity contribution in [3.8, 4) is 0 Å². The van der Waals surface area contributed by atoms with Crippen LogP contribution in [-0.2, 0) is 14.6 Å². The Kier molecular flexibility index (Phi) is 3.41. The Morgan fingerprint density at radius 1 is 1.44 bits per heavy atom. The molecule has 0 unspecified atom stereocenters. The molecule has 0 aliphatic heterocycles. The van der Waals surface area contributed by atoms with Crippen molar-refractivity contribution in [2.45, 2.75) is 0 Å². The van der Waals surface area contributed by atoms with Crippen LogP contribution >= 0.6 is 0 Å². The van der Waals surface area contributed by atoms with E-state index in [2.05, 4.69) is 0 Å². The van der Waals surface area contributed by atoms with Crippen LogP contribution in [0.1, 0.15) is 0 Å². The summed E-state index contributed by atoms with van der Waals surface area (Å²) in [7, 11) is -3.30. The molecule has 54 valence electrons. The van der Waals surface area contributed by atoms with Crippen LogP contribution in [-0.4, -0.2) is 37.9 Å². The van der Waals surface area contributed by atoms with Crippen LogP contribution in [0.25, 0.3) is 0 Å². The number of carbonyl (C=O) groups is 1. The summed E-state index contributed by atoms with van der Waals surface area (Å²) >= 11 is 0. The molecule has 0 saturated heterocycles. The molecule has 0 bridgehead atoms. The van der Waals surface area contributed by atoms with Crippen molar-refractivity contribution in [3.05, 3.63) is 0 Å². The maximum atomic E-state index is 10.4. The van der Waals surface area contributed by atoms with E-state index in [0.717, 1.165) is 0 Å². The van der Waals surface area contributed by atoms with E-state index in [1.54, 1.807) is 0 Å². The summed E-state index contributed by atoms with van der Waals surface area (Å²) in [5.41, 5.74) is 0. The van der Waals surface area contributed by atoms with Crippen molar-refractivity contribution in [3.63, 3.8) is 0 Å². The quantitative estimate of drug-likeness (QED) is 0.502. The molecule has 0 fully saturated rings. The maximum absolute atomic E-state index is 10.4. The lowest BCUT2D eigenvalue weighted by Crippen LogP contribution is -2.14. The second-order valence-corrected chi connectivity index (χ2v) is 3.73. The number of hydrogen-bond donors (Lipinski definition) is 1.